The molecule has 53 heavy (non-hydrogen) atoms. The van der Waals surface area contributed by atoms with E-state index < -0.39 is 8.07 Å². The van der Waals surface area contributed by atoms with Gasteiger partial charge in [0.05, 0.1) is 13.5 Å². The molecule has 0 amide bonds. The second kappa shape index (κ2) is 11.9. The third kappa shape index (κ3) is 4.90. The number of fused-ring (bicyclic) bond motifs is 10. The molecule has 0 N–H and O–H groups in total. The van der Waals surface area contributed by atoms with Crippen LogP contribution in [-0.4, -0.2) is 23.0 Å². The van der Waals surface area contributed by atoms with Gasteiger partial charge in [-0.2, -0.15) is 0 Å². The van der Waals surface area contributed by atoms with Crippen molar-refractivity contribution < 1.29 is 0 Å². The maximum absolute atomic E-state index is 5.11. The topological polar surface area (TPSA) is 38.7 Å². The summed E-state index contributed by atoms with van der Waals surface area (Å²) in [6.45, 7) is 7.11. The Morgan fingerprint density at radius 3 is 1.32 bits per heavy atom. The van der Waals surface area contributed by atoms with E-state index in [1.165, 1.54) is 55.3 Å². The first-order valence-corrected chi connectivity index (χ1v) is 21.9. The third-order valence-corrected chi connectivity index (χ3v) is 13.2. The van der Waals surface area contributed by atoms with Crippen molar-refractivity contribution in [3.63, 3.8) is 0 Å². The summed E-state index contributed by atoms with van der Waals surface area (Å²) in [6, 6.07) is 61.6. The standard InChI is InChI=1S/C49H37N3Si/c1-53(2,3)37-27-24-33(25-28-37)47-50-46(32-14-5-4-6-15-32)51-48(52-47)36-17-13-16-34(30-36)35-26-29-41-40-20-9-12-23-44(40)49(45(41)31-35)42-21-10-7-18-38(42)39-19-8-11-22-43(39)49/h4-31H,1-3H3. The van der Waals surface area contributed by atoms with Crippen molar-refractivity contribution in [2.45, 2.75) is 25.1 Å². The average Bonchev–Trinajstić information content (AvgIpc) is 3.68. The Bertz CT molecular complexity index is 2650. The first-order valence-electron chi connectivity index (χ1n) is 18.4. The molecule has 0 fully saturated rings. The molecule has 4 heteroatoms. The van der Waals surface area contributed by atoms with Gasteiger partial charge in [-0.1, -0.05) is 183 Å². The molecular weight excluding hydrogens is 659 g/mol. The van der Waals surface area contributed by atoms with Crippen LogP contribution in [0.15, 0.2) is 170 Å². The molecule has 0 unspecified atom stereocenters. The lowest BCUT2D eigenvalue weighted by Gasteiger charge is -2.30. The van der Waals surface area contributed by atoms with Crippen LogP contribution < -0.4 is 5.19 Å². The number of hydrogen-bond donors (Lipinski definition) is 0. The predicted octanol–water partition coefficient (Wildman–Crippen LogP) is 11.4. The molecule has 1 spiro atoms. The van der Waals surface area contributed by atoms with Crippen molar-refractivity contribution in [2.75, 3.05) is 0 Å². The number of benzene rings is 7. The third-order valence-electron chi connectivity index (χ3n) is 11.1. The lowest BCUT2D eigenvalue weighted by Crippen LogP contribution is -2.37. The van der Waals surface area contributed by atoms with Crippen LogP contribution >= 0.6 is 0 Å². The van der Waals surface area contributed by atoms with Crippen LogP contribution in [0.1, 0.15) is 22.3 Å². The Hall–Kier alpha value is -6.23. The molecule has 2 aliphatic carbocycles. The monoisotopic (exact) mass is 695 g/mol. The number of rotatable bonds is 5. The van der Waals surface area contributed by atoms with E-state index in [0.717, 1.165) is 22.3 Å². The Labute approximate surface area is 311 Å². The number of aromatic nitrogens is 3. The highest BCUT2D eigenvalue weighted by atomic mass is 28.3. The Kier molecular flexibility index (Phi) is 7.08. The van der Waals surface area contributed by atoms with E-state index in [-0.39, 0.29) is 5.41 Å². The number of hydrogen-bond acceptors (Lipinski definition) is 3. The van der Waals surface area contributed by atoms with Gasteiger partial charge < -0.3 is 0 Å². The van der Waals surface area contributed by atoms with Gasteiger partial charge in [0.25, 0.3) is 0 Å². The van der Waals surface area contributed by atoms with Crippen LogP contribution in [0.4, 0.5) is 0 Å². The molecule has 3 nitrogen and oxygen atoms in total. The van der Waals surface area contributed by atoms with Gasteiger partial charge in [0.15, 0.2) is 17.5 Å². The SMILES string of the molecule is C[Si](C)(C)c1ccc(-c2nc(-c3ccccc3)nc(-c3cccc(-c4ccc5c(c4)C4(c6ccccc6-c6ccccc64)c4ccccc4-5)c3)n2)cc1. The van der Waals surface area contributed by atoms with Crippen molar-refractivity contribution in [1.29, 1.82) is 0 Å². The van der Waals surface area contributed by atoms with Crippen molar-refractivity contribution in [3.8, 4) is 67.5 Å². The fourth-order valence-electron chi connectivity index (χ4n) is 8.58. The zero-order valence-electron chi connectivity index (χ0n) is 30.0. The molecule has 0 saturated carbocycles. The molecule has 0 radical (unpaired) electrons. The van der Waals surface area contributed by atoms with E-state index in [1.54, 1.807) is 0 Å². The highest BCUT2D eigenvalue weighted by Crippen LogP contribution is 2.63. The van der Waals surface area contributed by atoms with Gasteiger partial charge in [0, 0.05) is 16.7 Å². The highest BCUT2D eigenvalue weighted by Gasteiger charge is 2.51. The van der Waals surface area contributed by atoms with Crippen LogP contribution in [0.3, 0.4) is 0 Å². The molecular formula is C49H37N3Si. The second-order valence-corrected chi connectivity index (χ2v) is 20.3. The smallest absolute Gasteiger partial charge is 0.164 e. The summed E-state index contributed by atoms with van der Waals surface area (Å²) < 4.78 is 0. The van der Waals surface area contributed by atoms with Crippen molar-refractivity contribution in [2.24, 2.45) is 0 Å². The fourth-order valence-corrected chi connectivity index (χ4v) is 9.75. The van der Waals surface area contributed by atoms with Crippen molar-refractivity contribution >= 4 is 13.3 Å². The van der Waals surface area contributed by atoms with E-state index in [4.69, 9.17) is 15.0 Å². The molecule has 1 heterocycles. The normalized spacial score (nSPS) is 13.3. The predicted molar refractivity (Wildman–Crippen MR) is 221 cm³/mol. The molecule has 2 aliphatic rings. The molecule has 1 aromatic heterocycles. The second-order valence-electron chi connectivity index (χ2n) is 15.2. The molecule has 0 atom stereocenters. The van der Waals surface area contributed by atoms with Crippen LogP contribution in [0.5, 0.6) is 0 Å². The lowest BCUT2D eigenvalue weighted by atomic mass is 9.70. The zero-order chi connectivity index (χ0) is 35.7. The van der Waals surface area contributed by atoms with Gasteiger partial charge in [-0.15, -0.1) is 0 Å². The summed E-state index contributed by atoms with van der Waals surface area (Å²) in [5.41, 5.74) is 15.4. The van der Waals surface area contributed by atoms with Crippen molar-refractivity contribution in [3.05, 3.63) is 192 Å². The lowest BCUT2D eigenvalue weighted by molar-refractivity contribution is 0.794. The Morgan fingerprint density at radius 2 is 0.755 bits per heavy atom. The van der Waals surface area contributed by atoms with E-state index in [1.807, 2.05) is 18.2 Å². The van der Waals surface area contributed by atoms with Gasteiger partial charge in [-0.25, -0.2) is 15.0 Å². The molecule has 8 aromatic rings. The molecule has 252 valence electrons. The van der Waals surface area contributed by atoms with E-state index in [0.29, 0.717) is 17.5 Å². The van der Waals surface area contributed by atoms with Gasteiger partial charge in [0.2, 0.25) is 0 Å². The average molecular weight is 696 g/mol. The highest BCUT2D eigenvalue weighted by molar-refractivity contribution is 6.88. The quantitative estimate of drug-likeness (QED) is 0.168. The summed E-state index contributed by atoms with van der Waals surface area (Å²) in [4.78, 5) is 15.2. The van der Waals surface area contributed by atoms with Gasteiger partial charge in [0.1, 0.15) is 0 Å². The van der Waals surface area contributed by atoms with Gasteiger partial charge in [-0.05, 0) is 67.8 Å². The minimum absolute atomic E-state index is 0.383. The van der Waals surface area contributed by atoms with E-state index in [2.05, 4.69) is 171 Å². The Balaban J connectivity index is 1.13. The van der Waals surface area contributed by atoms with Crippen molar-refractivity contribution in [1.82, 2.24) is 15.0 Å². The molecule has 0 aliphatic heterocycles. The van der Waals surface area contributed by atoms with Gasteiger partial charge >= 0.3 is 0 Å². The summed E-state index contributed by atoms with van der Waals surface area (Å²) >= 11 is 0. The van der Waals surface area contributed by atoms with E-state index in [9.17, 15) is 0 Å². The molecule has 0 bridgehead atoms. The number of nitrogens with zero attached hydrogens (tertiary/aromatic N) is 3. The first kappa shape index (κ1) is 31.5. The molecule has 0 saturated heterocycles. The largest absolute Gasteiger partial charge is 0.208 e. The molecule has 10 rings (SSSR count). The maximum atomic E-state index is 5.11. The summed E-state index contributed by atoms with van der Waals surface area (Å²) in [7, 11) is -1.45. The minimum atomic E-state index is -1.45. The fraction of sp³-hybridized carbons (Fsp3) is 0.0816. The first-order chi connectivity index (χ1) is 25.9. The summed E-state index contributed by atoms with van der Waals surface area (Å²) in [5.74, 6) is 2.01. The zero-order valence-corrected chi connectivity index (χ0v) is 31.0. The van der Waals surface area contributed by atoms with E-state index >= 15 is 0 Å². The molecule has 7 aromatic carbocycles. The minimum Gasteiger partial charge on any atom is -0.208 e. The van der Waals surface area contributed by atoms with Crippen LogP contribution in [0.25, 0.3) is 67.5 Å². The summed E-state index contributed by atoms with van der Waals surface area (Å²) in [6.07, 6.45) is 0. The van der Waals surface area contributed by atoms with Crippen LogP contribution in [-0.2, 0) is 5.41 Å². The Morgan fingerprint density at radius 1 is 0.340 bits per heavy atom. The van der Waals surface area contributed by atoms with Crippen LogP contribution in [0.2, 0.25) is 19.6 Å². The maximum Gasteiger partial charge on any atom is 0.164 e. The van der Waals surface area contributed by atoms with Gasteiger partial charge in [-0.3, -0.25) is 0 Å². The summed E-state index contributed by atoms with van der Waals surface area (Å²) in [5, 5.41) is 1.41. The van der Waals surface area contributed by atoms with Crippen LogP contribution in [0, 0.1) is 0 Å².